The van der Waals surface area contributed by atoms with Crippen molar-refractivity contribution < 1.29 is 19.0 Å². The molecule has 1 aliphatic rings. The largest absolute Gasteiger partial charge is 0.464 e. The zero-order valence-electron chi connectivity index (χ0n) is 16.4. The first-order chi connectivity index (χ1) is 14.2. The molecule has 0 spiro atoms. The second kappa shape index (κ2) is 8.60. The van der Waals surface area contributed by atoms with Crippen LogP contribution in [-0.2, 0) is 25.4 Å². The molecule has 0 radical (unpaired) electrons. The first kappa shape index (κ1) is 19.4. The third-order valence-electron chi connectivity index (χ3n) is 5.11. The third kappa shape index (κ3) is 3.95. The molecule has 0 bridgehead atoms. The Kier molecular flexibility index (Phi) is 5.74. The smallest absolute Gasteiger partial charge is 0.342 e. The lowest BCUT2D eigenvalue weighted by molar-refractivity contribution is -0.173. The van der Waals surface area contributed by atoms with Gasteiger partial charge in [0.15, 0.2) is 6.29 Å². The number of hydrogen-bond acceptors (Lipinski definition) is 4. The van der Waals surface area contributed by atoms with E-state index in [4.69, 9.17) is 14.2 Å². The normalized spacial score (nSPS) is 23.6. The first-order valence-electron chi connectivity index (χ1n) is 9.87. The summed E-state index contributed by atoms with van der Waals surface area (Å²) >= 11 is 0. The van der Waals surface area contributed by atoms with Gasteiger partial charge in [-0.1, -0.05) is 91.0 Å². The lowest BCUT2D eigenvalue weighted by atomic mass is 9.85. The van der Waals surface area contributed by atoms with Crippen LogP contribution in [0.5, 0.6) is 0 Å². The molecule has 0 aliphatic carbocycles. The average Bonchev–Trinajstić information content (AvgIpc) is 3.16. The second-order valence-electron chi connectivity index (χ2n) is 7.06. The topological polar surface area (TPSA) is 44.8 Å². The van der Waals surface area contributed by atoms with Crippen molar-refractivity contribution >= 4 is 5.97 Å². The molecular formula is C25H24O4. The molecule has 0 amide bonds. The maximum atomic E-state index is 13.3. The van der Waals surface area contributed by atoms with Crippen LogP contribution in [0, 0.1) is 0 Å². The Morgan fingerprint density at radius 1 is 0.862 bits per heavy atom. The van der Waals surface area contributed by atoms with Crippen molar-refractivity contribution in [3.05, 3.63) is 108 Å². The van der Waals surface area contributed by atoms with Crippen LogP contribution in [0.1, 0.15) is 36.0 Å². The summed E-state index contributed by atoms with van der Waals surface area (Å²) < 4.78 is 18.3. The Hall–Kier alpha value is -2.95. The molecule has 148 valence electrons. The fraction of sp³-hybridized carbons (Fsp3) is 0.240. The molecule has 29 heavy (non-hydrogen) atoms. The van der Waals surface area contributed by atoms with Crippen LogP contribution < -0.4 is 0 Å². The van der Waals surface area contributed by atoms with E-state index in [0.29, 0.717) is 6.42 Å². The molecule has 0 saturated carbocycles. The zero-order chi connectivity index (χ0) is 20.1. The summed E-state index contributed by atoms with van der Waals surface area (Å²) in [4.78, 5) is 13.3. The van der Waals surface area contributed by atoms with E-state index in [1.54, 1.807) is 6.92 Å². The molecule has 1 aliphatic heterocycles. The van der Waals surface area contributed by atoms with E-state index in [1.807, 2.05) is 91.0 Å². The predicted octanol–water partition coefficient (Wildman–Crippen LogP) is 5.02. The summed E-state index contributed by atoms with van der Waals surface area (Å²) in [7, 11) is 0. The Labute approximate surface area is 171 Å². The number of benzene rings is 3. The predicted molar refractivity (Wildman–Crippen MR) is 110 cm³/mol. The molecule has 3 aromatic carbocycles. The van der Waals surface area contributed by atoms with Crippen molar-refractivity contribution in [3.8, 4) is 0 Å². The molecule has 0 aromatic heterocycles. The van der Waals surface area contributed by atoms with Gasteiger partial charge < -0.3 is 14.2 Å². The minimum Gasteiger partial charge on any atom is -0.464 e. The van der Waals surface area contributed by atoms with E-state index in [9.17, 15) is 4.79 Å². The number of rotatable bonds is 6. The maximum Gasteiger partial charge on any atom is 0.342 e. The van der Waals surface area contributed by atoms with Gasteiger partial charge in [-0.05, 0) is 18.1 Å². The number of carbonyl (C=O) groups excluding carboxylic acids is 1. The number of ether oxygens (including phenoxy) is 3. The van der Waals surface area contributed by atoms with Gasteiger partial charge in [-0.15, -0.1) is 0 Å². The highest BCUT2D eigenvalue weighted by atomic mass is 16.8. The summed E-state index contributed by atoms with van der Waals surface area (Å²) in [6.07, 6.45) is -0.891. The van der Waals surface area contributed by atoms with Gasteiger partial charge in [-0.2, -0.15) is 0 Å². The highest BCUT2D eigenvalue weighted by Gasteiger charge is 2.57. The van der Waals surface area contributed by atoms with Gasteiger partial charge in [0, 0.05) is 12.0 Å². The minimum atomic E-state index is -1.28. The summed E-state index contributed by atoms with van der Waals surface area (Å²) in [5.74, 6) is -0.406. The SMILES string of the molecule is CCOC(=O)[C@@]1(Cc2ccccc2)O[C@H](c2ccccc2)O[C@@H]1c1ccccc1. The number of hydrogen-bond donors (Lipinski definition) is 0. The molecule has 3 atom stereocenters. The van der Waals surface area contributed by atoms with Crippen molar-refractivity contribution in [2.75, 3.05) is 6.61 Å². The molecule has 1 saturated heterocycles. The standard InChI is InChI=1S/C25H24O4/c1-2-27-24(26)25(18-19-12-6-3-7-13-19)22(20-14-8-4-9-15-20)28-23(29-25)21-16-10-5-11-17-21/h3-17,22-23H,2,18H2,1H3/t22-,23-,25+/m1/s1. The van der Waals surface area contributed by atoms with Crippen LogP contribution in [0.4, 0.5) is 0 Å². The molecule has 4 nitrogen and oxygen atoms in total. The zero-order valence-corrected chi connectivity index (χ0v) is 16.4. The van der Waals surface area contributed by atoms with Crippen molar-refractivity contribution in [1.82, 2.24) is 0 Å². The van der Waals surface area contributed by atoms with E-state index in [0.717, 1.165) is 16.7 Å². The second-order valence-corrected chi connectivity index (χ2v) is 7.06. The lowest BCUT2D eigenvalue weighted by Crippen LogP contribution is -2.46. The molecule has 4 rings (SSSR count). The van der Waals surface area contributed by atoms with Crippen LogP contribution in [0.25, 0.3) is 0 Å². The molecule has 1 fully saturated rings. The number of esters is 1. The van der Waals surface area contributed by atoms with Crippen LogP contribution in [-0.4, -0.2) is 18.2 Å². The van der Waals surface area contributed by atoms with Gasteiger partial charge in [0.05, 0.1) is 6.61 Å². The summed E-state index contributed by atoms with van der Waals surface area (Å²) in [5.41, 5.74) is 1.46. The summed E-state index contributed by atoms with van der Waals surface area (Å²) in [5, 5.41) is 0. The van der Waals surface area contributed by atoms with E-state index in [-0.39, 0.29) is 6.61 Å². The Morgan fingerprint density at radius 2 is 1.41 bits per heavy atom. The molecular weight excluding hydrogens is 364 g/mol. The van der Waals surface area contributed by atoms with Gasteiger partial charge in [-0.3, -0.25) is 0 Å². The number of carbonyl (C=O) groups is 1. The molecule has 3 aromatic rings. The van der Waals surface area contributed by atoms with Gasteiger partial charge in [0.25, 0.3) is 0 Å². The van der Waals surface area contributed by atoms with E-state index >= 15 is 0 Å². The van der Waals surface area contributed by atoms with Gasteiger partial charge >= 0.3 is 5.97 Å². The Bertz CT molecular complexity index is 927. The lowest BCUT2D eigenvalue weighted by Gasteiger charge is -2.30. The van der Waals surface area contributed by atoms with Crippen LogP contribution in [0.2, 0.25) is 0 Å². The van der Waals surface area contributed by atoms with Gasteiger partial charge in [0.2, 0.25) is 5.60 Å². The molecule has 0 N–H and O–H groups in total. The van der Waals surface area contributed by atoms with Crippen molar-refractivity contribution in [3.63, 3.8) is 0 Å². The van der Waals surface area contributed by atoms with E-state index in [2.05, 4.69) is 0 Å². The van der Waals surface area contributed by atoms with Crippen LogP contribution >= 0.6 is 0 Å². The Morgan fingerprint density at radius 3 is 2.00 bits per heavy atom. The van der Waals surface area contributed by atoms with Gasteiger partial charge in [-0.25, -0.2) is 4.79 Å². The molecule has 1 heterocycles. The van der Waals surface area contributed by atoms with Crippen molar-refractivity contribution in [2.45, 2.75) is 31.3 Å². The first-order valence-corrected chi connectivity index (χ1v) is 9.87. The highest BCUT2D eigenvalue weighted by molar-refractivity contribution is 5.82. The monoisotopic (exact) mass is 388 g/mol. The quantitative estimate of drug-likeness (QED) is 0.557. The average molecular weight is 388 g/mol. The Balaban J connectivity index is 1.80. The van der Waals surface area contributed by atoms with Crippen molar-refractivity contribution in [1.29, 1.82) is 0 Å². The molecule has 0 unspecified atom stereocenters. The maximum absolute atomic E-state index is 13.3. The van der Waals surface area contributed by atoms with Crippen LogP contribution in [0.3, 0.4) is 0 Å². The van der Waals surface area contributed by atoms with Crippen LogP contribution in [0.15, 0.2) is 91.0 Å². The third-order valence-corrected chi connectivity index (χ3v) is 5.11. The summed E-state index contributed by atoms with van der Waals surface area (Å²) in [6.45, 7) is 2.08. The van der Waals surface area contributed by atoms with E-state index in [1.165, 1.54) is 0 Å². The fourth-order valence-corrected chi connectivity index (χ4v) is 3.76. The molecule has 4 heteroatoms. The van der Waals surface area contributed by atoms with Crippen molar-refractivity contribution in [2.24, 2.45) is 0 Å². The van der Waals surface area contributed by atoms with Gasteiger partial charge in [0.1, 0.15) is 6.10 Å². The fourth-order valence-electron chi connectivity index (χ4n) is 3.76. The van der Waals surface area contributed by atoms with E-state index < -0.39 is 24.0 Å². The summed E-state index contributed by atoms with van der Waals surface area (Å²) in [6, 6.07) is 29.3. The highest BCUT2D eigenvalue weighted by Crippen LogP contribution is 2.49. The minimum absolute atomic E-state index is 0.274.